The first-order valence-corrected chi connectivity index (χ1v) is 7.34. The summed E-state index contributed by atoms with van der Waals surface area (Å²) in [6.07, 6.45) is -2.75. The van der Waals surface area contributed by atoms with Crippen LogP contribution in [0.2, 0.25) is 0 Å². The third-order valence-electron chi connectivity index (χ3n) is 3.79. The SMILES string of the molecule is FC(F)(F)c1ccc(-n2nnnc2-c2nccc3ccccc23)cc1. The van der Waals surface area contributed by atoms with Crippen molar-refractivity contribution in [2.24, 2.45) is 0 Å². The number of aromatic nitrogens is 5. The van der Waals surface area contributed by atoms with Gasteiger partial charge in [-0.25, -0.2) is 0 Å². The monoisotopic (exact) mass is 341 g/mol. The Morgan fingerprint density at radius 1 is 0.880 bits per heavy atom. The number of alkyl halides is 3. The second-order valence-corrected chi connectivity index (χ2v) is 5.34. The molecule has 0 atom stereocenters. The van der Waals surface area contributed by atoms with Crippen molar-refractivity contribution in [2.45, 2.75) is 6.18 Å². The average molecular weight is 341 g/mol. The van der Waals surface area contributed by atoms with E-state index < -0.39 is 11.7 Å². The van der Waals surface area contributed by atoms with Crippen LogP contribution in [0.3, 0.4) is 0 Å². The van der Waals surface area contributed by atoms with Gasteiger partial charge in [0.15, 0.2) is 0 Å². The Morgan fingerprint density at radius 3 is 2.40 bits per heavy atom. The van der Waals surface area contributed by atoms with Crippen molar-refractivity contribution in [3.8, 4) is 17.2 Å². The number of tetrazole rings is 1. The second kappa shape index (κ2) is 5.66. The maximum atomic E-state index is 12.7. The number of benzene rings is 2. The number of rotatable bonds is 2. The minimum Gasteiger partial charge on any atom is -0.252 e. The normalized spacial score (nSPS) is 11.8. The first-order chi connectivity index (χ1) is 12.0. The molecule has 2 aromatic carbocycles. The molecular formula is C17H10F3N5. The molecule has 0 aliphatic heterocycles. The van der Waals surface area contributed by atoms with Crippen LogP contribution >= 0.6 is 0 Å². The molecule has 124 valence electrons. The van der Waals surface area contributed by atoms with Gasteiger partial charge in [0, 0.05) is 11.6 Å². The van der Waals surface area contributed by atoms with Crippen molar-refractivity contribution in [1.82, 2.24) is 25.2 Å². The van der Waals surface area contributed by atoms with Crippen LogP contribution < -0.4 is 0 Å². The molecule has 5 nitrogen and oxygen atoms in total. The molecule has 0 saturated carbocycles. The van der Waals surface area contributed by atoms with E-state index >= 15 is 0 Å². The van der Waals surface area contributed by atoms with Crippen LogP contribution in [0.15, 0.2) is 60.8 Å². The summed E-state index contributed by atoms with van der Waals surface area (Å²) in [5.74, 6) is 0.358. The Hall–Kier alpha value is -3.29. The summed E-state index contributed by atoms with van der Waals surface area (Å²) in [7, 11) is 0. The van der Waals surface area contributed by atoms with Crippen LogP contribution in [0.4, 0.5) is 13.2 Å². The van der Waals surface area contributed by atoms with Crippen molar-refractivity contribution in [3.63, 3.8) is 0 Å². The van der Waals surface area contributed by atoms with E-state index in [0.717, 1.165) is 22.9 Å². The topological polar surface area (TPSA) is 56.5 Å². The molecular weight excluding hydrogens is 331 g/mol. The van der Waals surface area contributed by atoms with E-state index in [2.05, 4.69) is 20.5 Å². The summed E-state index contributed by atoms with van der Waals surface area (Å²) in [5.41, 5.74) is 0.250. The maximum absolute atomic E-state index is 12.7. The van der Waals surface area contributed by atoms with Crippen molar-refractivity contribution in [1.29, 1.82) is 0 Å². The van der Waals surface area contributed by atoms with Crippen LogP contribution in [0, 0.1) is 0 Å². The van der Waals surface area contributed by atoms with Crippen LogP contribution in [0.5, 0.6) is 0 Å². The lowest BCUT2D eigenvalue weighted by Crippen LogP contribution is -2.06. The molecule has 0 spiro atoms. The number of fused-ring (bicyclic) bond motifs is 1. The van der Waals surface area contributed by atoms with Gasteiger partial charge in [0.05, 0.1) is 11.3 Å². The van der Waals surface area contributed by atoms with Gasteiger partial charge in [-0.2, -0.15) is 17.9 Å². The van der Waals surface area contributed by atoms with E-state index in [4.69, 9.17) is 0 Å². The molecule has 4 rings (SSSR count). The van der Waals surface area contributed by atoms with Crippen molar-refractivity contribution in [3.05, 3.63) is 66.4 Å². The number of halogens is 3. The maximum Gasteiger partial charge on any atom is 0.416 e. The predicted octanol–water partition coefficient (Wildman–Crippen LogP) is 3.90. The molecule has 4 aromatic rings. The Labute approximate surface area is 139 Å². The minimum absolute atomic E-state index is 0.358. The summed E-state index contributed by atoms with van der Waals surface area (Å²) in [6, 6.07) is 14.1. The Bertz CT molecular complexity index is 1030. The first-order valence-electron chi connectivity index (χ1n) is 7.34. The van der Waals surface area contributed by atoms with Crippen LogP contribution in [-0.4, -0.2) is 25.2 Å². The highest BCUT2D eigenvalue weighted by Crippen LogP contribution is 2.30. The highest BCUT2D eigenvalue weighted by molar-refractivity contribution is 5.93. The molecule has 0 amide bonds. The zero-order chi connectivity index (χ0) is 17.4. The zero-order valence-electron chi connectivity index (χ0n) is 12.6. The number of hydrogen-bond acceptors (Lipinski definition) is 4. The van der Waals surface area contributed by atoms with Gasteiger partial charge in [-0.3, -0.25) is 4.98 Å². The summed E-state index contributed by atoms with van der Waals surface area (Å²) in [4.78, 5) is 4.35. The fourth-order valence-corrected chi connectivity index (χ4v) is 2.60. The Morgan fingerprint density at radius 2 is 1.64 bits per heavy atom. The fraction of sp³-hybridized carbons (Fsp3) is 0.0588. The largest absolute Gasteiger partial charge is 0.416 e. The molecule has 0 fully saturated rings. The number of hydrogen-bond donors (Lipinski definition) is 0. The van der Waals surface area contributed by atoms with Gasteiger partial charge in [-0.05, 0) is 46.1 Å². The molecule has 0 saturated heterocycles. The van der Waals surface area contributed by atoms with Crippen molar-refractivity contribution >= 4 is 10.8 Å². The molecule has 2 aromatic heterocycles. The van der Waals surface area contributed by atoms with Gasteiger partial charge >= 0.3 is 6.18 Å². The Balaban J connectivity index is 1.84. The summed E-state index contributed by atoms with van der Waals surface area (Å²) >= 11 is 0. The third kappa shape index (κ3) is 2.71. The first kappa shape index (κ1) is 15.3. The van der Waals surface area contributed by atoms with Crippen molar-refractivity contribution in [2.75, 3.05) is 0 Å². The highest BCUT2D eigenvalue weighted by Gasteiger charge is 2.30. The Kier molecular flexibility index (Phi) is 3.45. The molecule has 8 heteroatoms. The lowest BCUT2D eigenvalue weighted by atomic mass is 10.1. The minimum atomic E-state index is -4.39. The molecule has 25 heavy (non-hydrogen) atoms. The third-order valence-corrected chi connectivity index (χ3v) is 3.79. The lowest BCUT2D eigenvalue weighted by Gasteiger charge is -2.09. The van der Waals surface area contributed by atoms with Gasteiger partial charge in [0.1, 0.15) is 5.69 Å². The van der Waals surface area contributed by atoms with Crippen LogP contribution in [-0.2, 0) is 6.18 Å². The van der Waals surface area contributed by atoms with Gasteiger partial charge in [0.25, 0.3) is 0 Å². The van der Waals surface area contributed by atoms with Crippen molar-refractivity contribution < 1.29 is 13.2 Å². The zero-order valence-corrected chi connectivity index (χ0v) is 12.6. The average Bonchev–Trinajstić information content (AvgIpc) is 3.10. The van der Waals surface area contributed by atoms with Crippen LogP contribution in [0.25, 0.3) is 28.0 Å². The fourth-order valence-electron chi connectivity index (χ4n) is 2.60. The van der Waals surface area contributed by atoms with Gasteiger partial charge < -0.3 is 0 Å². The smallest absolute Gasteiger partial charge is 0.252 e. The van der Waals surface area contributed by atoms with E-state index in [9.17, 15) is 13.2 Å². The van der Waals surface area contributed by atoms with Gasteiger partial charge in [-0.1, -0.05) is 24.3 Å². The summed E-state index contributed by atoms with van der Waals surface area (Å²) < 4.78 is 39.5. The van der Waals surface area contributed by atoms with Crippen LogP contribution in [0.1, 0.15) is 5.56 Å². The molecule has 0 N–H and O–H groups in total. The highest BCUT2D eigenvalue weighted by atomic mass is 19.4. The van der Waals surface area contributed by atoms with E-state index in [-0.39, 0.29) is 0 Å². The summed E-state index contributed by atoms with van der Waals surface area (Å²) in [6.45, 7) is 0. The molecule has 0 aliphatic rings. The quantitative estimate of drug-likeness (QED) is 0.555. The molecule has 0 bridgehead atoms. The molecule has 0 aliphatic carbocycles. The van der Waals surface area contributed by atoms with E-state index in [1.165, 1.54) is 16.8 Å². The van der Waals surface area contributed by atoms with E-state index in [1.807, 2.05) is 30.3 Å². The summed E-state index contributed by atoms with van der Waals surface area (Å²) in [5, 5.41) is 13.4. The molecule has 0 radical (unpaired) electrons. The van der Waals surface area contributed by atoms with Gasteiger partial charge in [-0.15, -0.1) is 5.10 Å². The lowest BCUT2D eigenvalue weighted by molar-refractivity contribution is -0.137. The molecule has 2 heterocycles. The molecule has 0 unspecified atom stereocenters. The number of nitrogens with zero attached hydrogens (tertiary/aromatic N) is 5. The predicted molar refractivity (Wildman–Crippen MR) is 84.9 cm³/mol. The number of pyridine rings is 1. The standard InChI is InChI=1S/C17H10F3N5/c18-17(19,20)12-5-7-13(8-6-12)25-16(22-23-24-25)15-14-4-2-1-3-11(14)9-10-21-15/h1-10H. The second-order valence-electron chi connectivity index (χ2n) is 5.34. The van der Waals surface area contributed by atoms with E-state index in [0.29, 0.717) is 17.2 Å². The van der Waals surface area contributed by atoms with Gasteiger partial charge in [0.2, 0.25) is 5.82 Å². The van der Waals surface area contributed by atoms with E-state index in [1.54, 1.807) is 6.20 Å².